The smallest absolute Gasteiger partial charge is 0.259 e. The van der Waals surface area contributed by atoms with Crippen LogP contribution in [0.5, 0.6) is 11.5 Å². The highest BCUT2D eigenvalue weighted by Gasteiger charge is 2.21. The Morgan fingerprint density at radius 2 is 1.67 bits per heavy atom. The zero-order valence-electron chi connectivity index (χ0n) is 13.0. The number of hydroxylamine groups is 1. The van der Waals surface area contributed by atoms with Crippen LogP contribution in [0.2, 0.25) is 0 Å². The Balaban J connectivity index is 1.99. The van der Waals surface area contributed by atoms with E-state index in [4.69, 9.17) is 9.94 Å². The van der Waals surface area contributed by atoms with E-state index in [1.165, 1.54) is 12.5 Å². The first kappa shape index (κ1) is 17.9. The molecule has 2 aromatic carbocycles. The average molecular weight is 350 g/mol. The number of carbonyl (C=O) groups excluding carboxylic acids is 1. The van der Waals surface area contributed by atoms with Crippen LogP contribution in [0.3, 0.4) is 0 Å². The quantitative estimate of drug-likeness (QED) is 0.586. The summed E-state index contributed by atoms with van der Waals surface area (Å²) in [6, 6.07) is 16.3. The minimum atomic E-state index is -3.80. The first-order chi connectivity index (χ1) is 11.4. The van der Waals surface area contributed by atoms with Crippen molar-refractivity contribution in [3.63, 3.8) is 0 Å². The van der Waals surface area contributed by atoms with E-state index < -0.39 is 21.7 Å². The molecule has 0 aliphatic heterocycles. The fourth-order valence-corrected chi connectivity index (χ4v) is 2.91. The predicted molar refractivity (Wildman–Crippen MR) is 88.1 cm³/mol. The maximum atomic E-state index is 11.9. The van der Waals surface area contributed by atoms with Gasteiger partial charge < -0.3 is 4.74 Å². The summed E-state index contributed by atoms with van der Waals surface area (Å²) < 4.78 is 30.6. The summed E-state index contributed by atoms with van der Waals surface area (Å²) in [5.74, 6) is -0.446. The summed E-state index contributed by atoms with van der Waals surface area (Å²) in [5, 5.41) is 8.42. The van der Waals surface area contributed by atoms with Crippen LogP contribution in [0.25, 0.3) is 0 Å². The van der Waals surface area contributed by atoms with Gasteiger partial charge in [0.25, 0.3) is 5.91 Å². The van der Waals surface area contributed by atoms with Crippen LogP contribution < -0.4 is 10.2 Å². The third kappa shape index (κ3) is 5.05. The molecule has 1 amide bonds. The first-order valence-corrected chi connectivity index (χ1v) is 8.70. The van der Waals surface area contributed by atoms with Gasteiger partial charge >= 0.3 is 0 Å². The Kier molecular flexibility index (Phi) is 5.91. The Labute approximate surface area is 140 Å². The minimum Gasteiger partial charge on any atom is -0.457 e. The van der Waals surface area contributed by atoms with E-state index in [9.17, 15) is 13.2 Å². The average Bonchev–Trinajstić information content (AvgIpc) is 2.57. The summed E-state index contributed by atoms with van der Waals surface area (Å²) in [4.78, 5) is 11.0. The zero-order chi connectivity index (χ0) is 17.6. The van der Waals surface area contributed by atoms with Gasteiger partial charge in [-0.2, -0.15) is 0 Å². The summed E-state index contributed by atoms with van der Waals surface area (Å²) >= 11 is 0. The molecule has 128 valence electrons. The van der Waals surface area contributed by atoms with Gasteiger partial charge in [-0.1, -0.05) is 30.3 Å². The third-order valence-corrected chi connectivity index (χ3v) is 4.93. The van der Waals surface area contributed by atoms with Crippen molar-refractivity contribution in [3.8, 4) is 11.5 Å². The van der Waals surface area contributed by atoms with Crippen molar-refractivity contribution < 1.29 is 23.2 Å². The van der Waals surface area contributed by atoms with Gasteiger partial charge in [-0.15, -0.1) is 0 Å². The molecule has 0 fully saturated rings. The summed E-state index contributed by atoms with van der Waals surface area (Å²) in [6.45, 7) is 0.104. The lowest BCUT2D eigenvalue weighted by atomic mass is 10.2. The van der Waals surface area contributed by atoms with Crippen LogP contribution in [-0.2, 0) is 21.4 Å². The molecule has 0 radical (unpaired) electrons. The van der Waals surface area contributed by atoms with Crippen molar-refractivity contribution in [1.82, 2.24) is 9.79 Å². The third-order valence-electron chi connectivity index (χ3n) is 3.22. The molecular formula is C16H18N2O5S. The van der Waals surface area contributed by atoms with Crippen molar-refractivity contribution in [3.05, 3.63) is 60.2 Å². The van der Waals surface area contributed by atoms with Crippen LogP contribution >= 0.6 is 0 Å². The van der Waals surface area contributed by atoms with Crippen molar-refractivity contribution >= 4 is 15.9 Å². The Morgan fingerprint density at radius 3 is 2.25 bits per heavy atom. The number of benzene rings is 2. The molecule has 0 heterocycles. The molecule has 0 spiro atoms. The van der Waals surface area contributed by atoms with Gasteiger partial charge in [0.1, 0.15) is 17.3 Å². The number of sulfonamides is 1. The molecule has 0 aliphatic rings. The molecule has 0 saturated carbocycles. The lowest BCUT2D eigenvalue weighted by Crippen LogP contribution is -2.36. The highest BCUT2D eigenvalue weighted by atomic mass is 32.2. The van der Waals surface area contributed by atoms with E-state index in [-0.39, 0.29) is 6.54 Å². The van der Waals surface area contributed by atoms with Gasteiger partial charge in [-0.05, 0) is 29.8 Å². The molecule has 0 aromatic heterocycles. The lowest BCUT2D eigenvalue weighted by Gasteiger charge is -2.16. The Morgan fingerprint density at radius 1 is 1.08 bits per heavy atom. The van der Waals surface area contributed by atoms with Crippen LogP contribution in [0, 0.1) is 0 Å². The Hall–Kier alpha value is -2.42. The van der Waals surface area contributed by atoms with Crippen LogP contribution in [0.4, 0.5) is 0 Å². The van der Waals surface area contributed by atoms with E-state index in [1.54, 1.807) is 24.3 Å². The van der Waals surface area contributed by atoms with E-state index in [0.717, 1.165) is 9.87 Å². The molecule has 0 bridgehead atoms. The first-order valence-electron chi connectivity index (χ1n) is 7.09. The fourth-order valence-electron chi connectivity index (χ4n) is 1.95. The molecule has 7 nitrogen and oxygen atoms in total. The van der Waals surface area contributed by atoms with Gasteiger partial charge in [-0.25, -0.2) is 18.2 Å². The highest BCUT2D eigenvalue weighted by molar-refractivity contribution is 7.89. The molecule has 2 aromatic rings. The van der Waals surface area contributed by atoms with Gasteiger partial charge in [0.2, 0.25) is 10.0 Å². The minimum absolute atomic E-state index is 0.104. The van der Waals surface area contributed by atoms with Crippen LogP contribution in [-0.4, -0.2) is 36.6 Å². The van der Waals surface area contributed by atoms with Crippen molar-refractivity contribution in [2.45, 2.75) is 6.54 Å². The topological polar surface area (TPSA) is 95.9 Å². The summed E-state index contributed by atoms with van der Waals surface area (Å²) in [6.07, 6.45) is 0. The molecule has 0 saturated heterocycles. The second-order valence-corrected chi connectivity index (χ2v) is 7.18. The predicted octanol–water partition coefficient (Wildman–Crippen LogP) is 1.75. The van der Waals surface area contributed by atoms with Crippen molar-refractivity contribution in [1.29, 1.82) is 0 Å². The van der Waals surface area contributed by atoms with Gasteiger partial charge in [0.05, 0.1) is 0 Å². The van der Waals surface area contributed by atoms with Gasteiger partial charge in [0.15, 0.2) is 0 Å². The number of amides is 1. The highest BCUT2D eigenvalue weighted by Crippen LogP contribution is 2.21. The maximum absolute atomic E-state index is 11.9. The number of rotatable bonds is 7. The number of para-hydroxylation sites is 1. The van der Waals surface area contributed by atoms with Crippen molar-refractivity contribution in [2.75, 3.05) is 12.8 Å². The number of carbonyl (C=O) groups is 1. The largest absolute Gasteiger partial charge is 0.457 e. The van der Waals surface area contributed by atoms with Gasteiger partial charge in [0, 0.05) is 13.6 Å². The van der Waals surface area contributed by atoms with Crippen LogP contribution in [0.1, 0.15) is 5.56 Å². The SMILES string of the molecule is CN(Cc1ccc(Oc2ccccc2)cc1)S(=O)(=O)CC(=O)NO. The van der Waals surface area contributed by atoms with E-state index in [1.807, 2.05) is 30.3 Å². The summed E-state index contributed by atoms with van der Waals surface area (Å²) in [5.41, 5.74) is 2.05. The summed E-state index contributed by atoms with van der Waals surface area (Å²) in [7, 11) is -2.43. The molecule has 2 rings (SSSR count). The number of ether oxygens (including phenoxy) is 1. The standard InChI is InChI=1S/C16H18N2O5S/c1-18(24(21,22)12-16(19)17-20)11-13-7-9-15(10-8-13)23-14-5-3-2-4-6-14/h2-10,20H,11-12H2,1H3,(H,17,19). The molecule has 0 aliphatic carbocycles. The number of nitrogens with one attached hydrogen (secondary N) is 1. The zero-order valence-corrected chi connectivity index (χ0v) is 13.9. The normalized spacial score (nSPS) is 11.3. The molecule has 8 heteroatoms. The number of hydrogen-bond acceptors (Lipinski definition) is 5. The molecule has 2 N–H and O–H groups in total. The maximum Gasteiger partial charge on any atom is 0.259 e. The molecular weight excluding hydrogens is 332 g/mol. The fraction of sp³-hybridized carbons (Fsp3) is 0.188. The second kappa shape index (κ2) is 7.91. The van der Waals surface area contributed by atoms with Gasteiger partial charge in [-0.3, -0.25) is 10.0 Å². The molecule has 0 atom stereocenters. The number of hydrogen-bond donors (Lipinski definition) is 2. The number of nitrogens with zero attached hydrogens (tertiary/aromatic N) is 1. The van der Waals surface area contributed by atoms with E-state index in [0.29, 0.717) is 11.5 Å². The molecule has 0 unspecified atom stereocenters. The van der Waals surface area contributed by atoms with E-state index >= 15 is 0 Å². The monoisotopic (exact) mass is 350 g/mol. The second-order valence-electron chi connectivity index (χ2n) is 5.11. The Bertz CT molecular complexity index is 776. The van der Waals surface area contributed by atoms with E-state index in [2.05, 4.69) is 0 Å². The lowest BCUT2D eigenvalue weighted by molar-refractivity contribution is -0.126. The van der Waals surface area contributed by atoms with Crippen molar-refractivity contribution in [2.24, 2.45) is 0 Å². The van der Waals surface area contributed by atoms with Crippen LogP contribution in [0.15, 0.2) is 54.6 Å². The molecule has 24 heavy (non-hydrogen) atoms.